The number of hydrogen-bond acceptors (Lipinski definition) is 10. The Kier molecular flexibility index (Phi) is 11.9. The first-order valence-corrected chi connectivity index (χ1v) is 20.3. The van der Waals surface area contributed by atoms with Crippen molar-refractivity contribution in [3.05, 3.63) is 87.6 Å². The molecule has 1 saturated heterocycles. The van der Waals surface area contributed by atoms with Gasteiger partial charge in [0, 0.05) is 51.3 Å². The summed E-state index contributed by atoms with van der Waals surface area (Å²) in [6.45, 7) is 12.0. The van der Waals surface area contributed by atoms with E-state index in [-0.39, 0.29) is 60.1 Å². The van der Waals surface area contributed by atoms with Gasteiger partial charge in [-0.25, -0.2) is 0 Å². The molecule has 2 atom stereocenters. The van der Waals surface area contributed by atoms with E-state index in [9.17, 15) is 24.3 Å². The molecule has 1 aliphatic heterocycles. The second-order valence-electron chi connectivity index (χ2n) is 15.7. The zero-order chi connectivity index (χ0) is 44.8. The number of primary amides is 2. The minimum atomic E-state index is -1.11. The van der Waals surface area contributed by atoms with Crippen molar-refractivity contribution < 1.29 is 38.5 Å². The van der Waals surface area contributed by atoms with Crippen molar-refractivity contribution in [1.82, 2.24) is 37.8 Å². The van der Waals surface area contributed by atoms with Gasteiger partial charge in [0.2, 0.25) is 23.1 Å². The molecule has 6 aromatic rings. The van der Waals surface area contributed by atoms with Crippen LogP contribution in [0.5, 0.6) is 5.75 Å². The number of ether oxygens (including phenoxy) is 3. The van der Waals surface area contributed by atoms with E-state index in [1.807, 2.05) is 18.4 Å². The van der Waals surface area contributed by atoms with Crippen molar-refractivity contribution in [1.29, 1.82) is 0 Å². The van der Waals surface area contributed by atoms with Crippen molar-refractivity contribution in [2.75, 3.05) is 13.2 Å². The molecule has 20 nitrogen and oxygen atoms in total. The Bertz CT molecular complexity index is 2900. The third-order valence-corrected chi connectivity index (χ3v) is 10.8. The van der Waals surface area contributed by atoms with Crippen LogP contribution in [0.25, 0.3) is 22.1 Å². The van der Waals surface area contributed by atoms with E-state index in [2.05, 4.69) is 20.2 Å². The molecule has 2 aromatic carbocycles. The number of aryl methyl sites for hydroxylation is 6. The number of aromatic nitrogens is 8. The van der Waals surface area contributed by atoms with Crippen LogP contribution in [0.4, 0.5) is 0 Å². The summed E-state index contributed by atoms with van der Waals surface area (Å²) in [4.78, 5) is 62.2. The van der Waals surface area contributed by atoms with Crippen molar-refractivity contribution in [2.24, 2.45) is 35.5 Å². The van der Waals surface area contributed by atoms with Crippen LogP contribution in [-0.2, 0) is 49.7 Å². The molecular formula is C42H52N12O8. The van der Waals surface area contributed by atoms with Crippen molar-refractivity contribution in [3.8, 4) is 5.75 Å². The number of imidazole rings is 2. The van der Waals surface area contributed by atoms with Crippen LogP contribution in [0.2, 0.25) is 0 Å². The maximum Gasteiger partial charge on any atom is 0.298 e. The topological polar surface area (TPSA) is 248 Å². The highest BCUT2D eigenvalue weighted by Crippen LogP contribution is 2.33. The normalized spacial score (nSPS) is 16.9. The first-order valence-electron chi connectivity index (χ1n) is 20.3. The lowest BCUT2D eigenvalue weighted by Crippen LogP contribution is -2.38. The molecule has 328 valence electrons. The van der Waals surface area contributed by atoms with Gasteiger partial charge in [0.1, 0.15) is 34.9 Å². The summed E-state index contributed by atoms with van der Waals surface area (Å²) in [5, 5.41) is 18.5. The number of hydrogen-bond donors (Lipinski definition) is 3. The van der Waals surface area contributed by atoms with Crippen molar-refractivity contribution >= 4 is 45.7 Å². The summed E-state index contributed by atoms with van der Waals surface area (Å²) in [6, 6.07) is 11.5. The Balaban J connectivity index is 1.41. The Morgan fingerprint density at radius 3 is 1.81 bits per heavy atom. The minimum absolute atomic E-state index is 0.0490. The van der Waals surface area contributed by atoms with Gasteiger partial charge in [-0.15, -0.1) is 0 Å². The SMILES string of the molecule is CCn1nc(C)cc1C(=O)N=c1n(C)c2cc(C(N)=O)ccc2n1C[C@H]1OC(C)(C)O[C@@H]1Cn1c(=NC(=O)c2cc(C)nn2CC)n(C)c2cc(C(N)=O)cc(OCCCO)c21. The molecule has 5 heterocycles. The molecule has 0 aliphatic carbocycles. The molecule has 0 saturated carbocycles. The lowest BCUT2D eigenvalue weighted by molar-refractivity contribution is -0.148. The van der Waals surface area contributed by atoms with Gasteiger partial charge in [0.15, 0.2) is 5.79 Å². The zero-order valence-electron chi connectivity index (χ0n) is 36.1. The number of rotatable bonds is 14. The second kappa shape index (κ2) is 17.0. The molecule has 0 radical (unpaired) electrons. The van der Waals surface area contributed by atoms with E-state index in [1.54, 1.807) is 101 Å². The maximum absolute atomic E-state index is 14.0. The number of fused-ring (bicyclic) bond motifs is 2. The average Bonchev–Trinajstić information content (AvgIpc) is 4.00. The number of nitrogens with zero attached hydrogens (tertiary/aromatic N) is 10. The van der Waals surface area contributed by atoms with Gasteiger partial charge in [-0.2, -0.15) is 20.2 Å². The van der Waals surface area contributed by atoms with Gasteiger partial charge in [-0.1, -0.05) is 0 Å². The first-order chi connectivity index (χ1) is 29.4. The fourth-order valence-electron chi connectivity index (χ4n) is 7.99. The van der Waals surface area contributed by atoms with Gasteiger partial charge in [0.05, 0.1) is 47.6 Å². The van der Waals surface area contributed by atoms with Gasteiger partial charge < -0.3 is 49.1 Å². The van der Waals surface area contributed by atoms with E-state index in [4.69, 9.17) is 25.7 Å². The zero-order valence-corrected chi connectivity index (χ0v) is 36.1. The smallest absolute Gasteiger partial charge is 0.298 e. The lowest BCUT2D eigenvalue weighted by atomic mass is 10.1. The summed E-state index contributed by atoms with van der Waals surface area (Å²) in [7, 11) is 3.46. The third-order valence-electron chi connectivity index (χ3n) is 10.8. The highest BCUT2D eigenvalue weighted by atomic mass is 16.8. The summed E-state index contributed by atoms with van der Waals surface area (Å²) >= 11 is 0. The van der Waals surface area contributed by atoms with Crippen LogP contribution in [0.3, 0.4) is 0 Å². The van der Waals surface area contributed by atoms with E-state index in [0.717, 1.165) is 0 Å². The third kappa shape index (κ3) is 8.23. The molecule has 0 spiro atoms. The average molecular weight is 853 g/mol. The number of benzene rings is 2. The quantitative estimate of drug-likeness (QED) is 0.135. The predicted octanol–water partition coefficient (Wildman–Crippen LogP) is 1.98. The first kappa shape index (κ1) is 43.4. The molecule has 4 aromatic heterocycles. The van der Waals surface area contributed by atoms with Crippen LogP contribution in [0.15, 0.2) is 52.4 Å². The molecule has 20 heteroatoms. The van der Waals surface area contributed by atoms with E-state index in [0.29, 0.717) is 58.7 Å². The van der Waals surface area contributed by atoms with Crippen LogP contribution >= 0.6 is 0 Å². The van der Waals surface area contributed by atoms with E-state index < -0.39 is 41.6 Å². The summed E-state index contributed by atoms with van der Waals surface area (Å²) in [5.41, 5.74) is 16.5. The Hall–Kier alpha value is -6.64. The van der Waals surface area contributed by atoms with Crippen LogP contribution < -0.4 is 27.4 Å². The van der Waals surface area contributed by atoms with Gasteiger partial charge in [-0.3, -0.25) is 28.5 Å². The summed E-state index contributed by atoms with van der Waals surface area (Å²) in [6.07, 6.45) is -1.15. The molecule has 0 unspecified atom stereocenters. The molecule has 1 fully saturated rings. The number of carbonyl (C=O) groups excluding carboxylic acids is 4. The number of amides is 4. The van der Waals surface area contributed by atoms with Gasteiger partial charge >= 0.3 is 0 Å². The number of aliphatic hydroxyl groups is 1. The van der Waals surface area contributed by atoms with Crippen molar-refractivity contribution in [2.45, 2.75) is 92.1 Å². The summed E-state index contributed by atoms with van der Waals surface area (Å²) < 4.78 is 29.6. The molecule has 5 N–H and O–H groups in total. The number of aliphatic hydroxyl groups excluding tert-OH is 1. The Morgan fingerprint density at radius 1 is 0.758 bits per heavy atom. The molecule has 0 bridgehead atoms. The molecule has 4 amide bonds. The van der Waals surface area contributed by atoms with E-state index in [1.165, 1.54) is 6.07 Å². The summed E-state index contributed by atoms with van der Waals surface area (Å²) in [5.74, 6) is -3.22. The second-order valence-corrected chi connectivity index (χ2v) is 15.7. The monoisotopic (exact) mass is 852 g/mol. The standard InChI is InChI=1S/C42H52N12O8/c1-9-53-30(16-23(3)47-53)38(58)45-40-49(7)28-18-25(36(43)56)12-13-27(28)51(40)21-33-34(62-42(5,6)61-33)22-52-35-29(19-26(37(44)57)20-32(35)60-15-11-14-55)50(8)41(52)46-39(59)31-17-24(4)48-54(31)10-2/h12-13,16-20,33-34,55H,9-11,14-15,21-22H2,1-8H3,(H2,43,56)(H2,44,57)/t33-,34-/m1/s1. The van der Waals surface area contributed by atoms with Crippen LogP contribution in [0, 0.1) is 13.8 Å². The number of nitrogens with two attached hydrogens (primary N) is 2. The largest absolute Gasteiger partial charge is 0.491 e. The highest BCUT2D eigenvalue weighted by molar-refractivity contribution is 5.99. The molecule has 1 aliphatic rings. The molecule has 62 heavy (non-hydrogen) atoms. The van der Waals surface area contributed by atoms with Gasteiger partial charge in [0.25, 0.3) is 11.8 Å². The predicted molar refractivity (Wildman–Crippen MR) is 225 cm³/mol. The molecular weight excluding hydrogens is 801 g/mol. The highest BCUT2D eigenvalue weighted by Gasteiger charge is 2.43. The minimum Gasteiger partial charge on any atom is -0.491 e. The van der Waals surface area contributed by atoms with Crippen molar-refractivity contribution in [3.63, 3.8) is 0 Å². The molecule has 7 rings (SSSR count). The maximum atomic E-state index is 14.0. The Labute approximate surface area is 355 Å². The van der Waals surface area contributed by atoms with Gasteiger partial charge in [-0.05, 0) is 84.0 Å². The number of carbonyl (C=O) groups is 4. The van der Waals surface area contributed by atoms with Crippen LogP contribution in [0.1, 0.15) is 87.2 Å². The van der Waals surface area contributed by atoms with Crippen LogP contribution in [-0.4, -0.2) is 97.8 Å². The fraction of sp³-hybridized carbons (Fsp3) is 0.429. The Morgan fingerprint density at radius 2 is 1.27 bits per heavy atom. The lowest BCUT2D eigenvalue weighted by Gasteiger charge is -2.20. The van der Waals surface area contributed by atoms with E-state index >= 15 is 0 Å². The fourth-order valence-corrected chi connectivity index (χ4v) is 7.99.